The Balaban J connectivity index is 1.92. The van der Waals surface area contributed by atoms with Crippen molar-refractivity contribution in [2.75, 3.05) is 49.5 Å². The lowest BCUT2D eigenvalue weighted by molar-refractivity contribution is -0.146. The maximum absolute atomic E-state index is 12.3. The van der Waals surface area contributed by atoms with Crippen LogP contribution in [0.15, 0.2) is 18.5 Å². The summed E-state index contributed by atoms with van der Waals surface area (Å²) < 4.78 is 37.0. The van der Waals surface area contributed by atoms with Gasteiger partial charge in [0.2, 0.25) is 0 Å². The highest BCUT2D eigenvalue weighted by Gasteiger charge is 2.32. The number of rotatable bonds is 4. The third-order valence-corrected chi connectivity index (χ3v) is 3.25. The zero-order valence-electron chi connectivity index (χ0n) is 11.5. The van der Waals surface area contributed by atoms with Crippen LogP contribution >= 0.6 is 0 Å². The molecule has 1 aliphatic heterocycles. The van der Waals surface area contributed by atoms with E-state index in [1.807, 2.05) is 13.0 Å². The van der Waals surface area contributed by atoms with E-state index in [2.05, 4.69) is 15.2 Å². The molecule has 1 aromatic rings. The molecule has 0 unspecified atom stereocenters. The minimum Gasteiger partial charge on any atom is -0.384 e. The van der Waals surface area contributed by atoms with Crippen LogP contribution in [0.1, 0.15) is 6.92 Å². The second kappa shape index (κ2) is 6.30. The van der Waals surface area contributed by atoms with Gasteiger partial charge < -0.3 is 10.2 Å². The SMILES string of the molecule is CCNc1cncc(N2CCN(CC(F)(F)F)CC2)c1. The Kier molecular flexibility index (Phi) is 4.69. The number of hydrogen-bond donors (Lipinski definition) is 1. The maximum atomic E-state index is 12.3. The fourth-order valence-corrected chi connectivity index (χ4v) is 2.32. The molecule has 1 aromatic heterocycles. The first-order valence-electron chi connectivity index (χ1n) is 6.71. The van der Waals surface area contributed by atoms with E-state index >= 15 is 0 Å². The van der Waals surface area contributed by atoms with Crippen LogP contribution in [0.4, 0.5) is 24.5 Å². The van der Waals surface area contributed by atoms with Gasteiger partial charge in [-0.25, -0.2) is 0 Å². The van der Waals surface area contributed by atoms with E-state index in [-0.39, 0.29) is 0 Å². The van der Waals surface area contributed by atoms with Crippen LogP contribution in [0, 0.1) is 0 Å². The fraction of sp³-hybridized carbons (Fsp3) is 0.615. The van der Waals surface area contributed by atoms with Gasteiger partial charge in [-0.3, -0.25) is 9.88 Å². The van der Waals surface area contributed by atoms with Gasteiger partial charge in [0.25, 0.3) is 0 Å². The molecule has 1 fully saturated rings. The van der Waals surface area contributed by atoms with Gasteiger partial charge in [-0.15, -0.1) is 0 Å². The molecule has 0 spiro atoms. The molecule has 20 heavy (non-hydrogen) atoms. The van der Waals surface area contributed by atoms with Crippen LogP contribution in [-0.4, -0.2) is 55.3 Å². The smallest absolute Gasteiger partial charge is 0.384 e. The van der Waals surface area contributed by atoms with Crippen molar-refractivity contribution in [2.45, 2.75) is 13.1 Å². The summed E-state index contributed by atoms with van der Waals surface area (Å²) in [5.41, 5.74) is 1.89. The molecule has 7 heteroatoms. The molecular formula is C13H19F3N4. The van der Waals surface area contributed by atoms with E-state index in [4.69, 9.17) is 0 Å². The van der Waals surface area contributed by atoms with Crippen molar-refractivity contribution in [3.63, 3.8) is 0 Å². The number of pyridine rings is 1. The Hall–Kier alpha value is -1.50. The average molecular weight is 288 g/mol. The Morgan fingerprint density at radius 3 is 2.50 bits per heavy atom. The first-order chi connectivity index (χ1) is 9.48. The average Bonchev–Trinajstić information content (AvgIpc) is 2.38. The summed E-state index contributed by atoms with van der Waals surface area (Å²) in [5.74, 6) is 0. The number of hydrogen-bond acceptors (Lipinski definition) is 4. The molecule has 0 bridgehead atoms. The quantitative estimate of drug-likeness (QED) is 0.920. The molecule has 112 valence electrons. The van der Waals surface area contributed by atoms with Gasteiger partial charge in [0.1, 0.15) is 0 Å². The van der Waals surface area contributed by atoms with E-state index in [1.54, 1.807) is 12.4 Å². The summed E-state index contributed by atoms with van der Waals surface area (Å²) in [6.45, 7) is 4.01. The third kappa shape index (κ3) is 4.26. The Morgan fingerprint density at radius 2 is 1.90 bits per heavy atom. The molecule has 2 heterocycles. The first-order valence-corrected chi connectivity index (χ1v) is 6.71. The monoisotopic (exact) mass is 288 g/mol. The predicted octanol–water partition coefficient (Wildman–Crippen LogP) is 2.20. The van der Waals surface area contributed by atoms with Crippen molar-refractivity contribution in [3.8, 4) is 0 Å². The number of anilines is 2. The molecule has 1 N–H and O–H groups in total. The van der Waals surface area contributed by atoms with Crippen LogP contribution in [0.25, 0.3) is 0 Å². The summed E-state index contributed by atoms with van der Waals surface area (Å²) in [4.78, 5) is 7.67. The van der Waals surface area contributed by atoms with Gasteiger partial charge in [-0.1, -0.05) is 0 Å². The van der Waals surface area contributed by atoms with Gasteiger partial charge >= 0.3 is 6.18 Å². The van der Waals surface area contributed by atoms with Crippen molar-refractivity contribution in [3.05, 3.63) is 18.5 Å². The second-order valence-corrected chi connectivity index (χ2v) is 4.84. The highest BCUT2D eigenvalue weighted by Crippen LogP contribution is 2.21. The zero-order chi connectivity index (χ0) is 14.6. The normalized spacial score (nSPS) is 17.3. The van der Waals surface area contributed by atoms with Crippen LogP contribution in [-0.2, 0) is 0 Å². The molecule has 0 amide bonds. The number of alkyl halides is 3. The van der Waals surface area contributed by atoms with Crippen molar-refractivity contribution in [1.29, 1.82) is 0 Å². The molecule has 0 radical (unpaired) electrons. The summed E-state index contributed by atoms with van der Waals surface area (Å²) in [5, 5.41) is 3.18. The van der Waals surface area contributed by atoms with Crippen molar-refractivity contribution in [1.82, 2.24) is 9.88 Å². The number of halogens is 3. The van der Waals surface area contributed by atoms with Crippen LogP contribution < -0.4 is 10.2 Å². The Morgan fingerprint density at radius 1 is 1.20 bits per heavy atom. The largest absolute Gasteiger partial charge is 0.401 e. The van der Waals surface area contributed by atoms with Crippen LogP contribution in [0.5, 0.6) is 0 Å². The van der Waals surface area contributed by atoms with Gasteiger partial charge in [-0.2, -0.15) is 13.2 Å². The van der Waals surface area contributed by atoms with Gasteiger partial charge in [0, 0.05) is 32.7 Å². The molecule has 2 rings (SSSR count). The summed E-state index contributed by atoms with van der Waals surface area (Å²) in [7, 11) is 0. The molecular weight excluding hydrogens is 269 g/mol. The first kappa shape index (κ1) is 14.9. The fourth-order valence-electron chi connectivity index (χ4n) is 2.32. The van der Waals surface area contributed by atoms with Gasteiger partial charge in [-0.05, 0) is 13.0 Å². The van der Waals surface area contributed by atoms with E-state index in [1.165, 1.54) is 4.90 Å². The molecule has 0 saturated carbocycles. The zero-order valence-corrected chi connectivity index (χ0v) is 11.5. The van der Waals surface area contributed by atoms with Gasteiger partial charge in [0.05, 0.1) is 30.3 Å². The summed E-state index contributed by atoms with van der Waals surface area (Å²) in [6.07, 6.45) is -0.623. The predicted molar refractivity (Wildman–Crippen MR) is 73.1 cm³/mol. The third-order valence-electron chi connectivity index (χ3n) is 3.25. The van der Waals surface area contributed by atoms with Gasteiger partial charge in [0.15, 0.2) is 0 Å². The highest BCUT2D eigenvalue weighted by atomic mass is 19.4. The minimum absolute atomic E-state index is 0.422. The lowest BCUT2D eigenvalue weighted by atomic mass is 10.2. The summed E-state index contributed by atoms with van der Waals surface area (Å²) in [6, 6.07) is 1.98. The van der Waals surface area contributed by atoms with E-state index in [0.717, 1.165) is 17.9 Å². The summed E-state index contributed by atoms with van der Waals surface area (Å²) >= 11 is 0. The molecule has 1 saturated heterocycles. The number of piperazine rings is 1. The van der Waals surface area contributed by atoms with Crippen LogP contribution in [0.3, 0.4) is 0 Å². The number of nitrogens with zero attached hydrogens (tertiary/aromatic N) is 3. The molecule has 4 nitrogen and oxygen atoms in total. The Labute approximate surface area is 116 Å². The van der Waals surface area contributed by atoms with Crippen molar-refractivity contribution < 1.29 is 13.2 Å². The van der Waals surface area contributed by atoms with Crippen molar-refractivity contribution in [2.24, 2.45) is 0 Å². The van der Waals surface area contributed by atoms with E-state index in [9.17, 15) is 13.2 Å². The topological polar surface area (TPSA) is 31.4 Å². The second-order valence-electron chi connectivity index (χ2n) is 4.84. The molecule has 0 aromatic carbocycles. The standard InChI is InChI=1S/C13H19F3N4/c1-2-18-11-7-12(9-17-8-11)20-5-3-19(4-6-20)10-13(14,15)16/h7-9,18H,2-6,10H2,1H3. The van der Waals surface area contributed by atoms with E-state index < -0.39 is 12.7 Å². The molecule has 0 aliphatic carbocycles. The maximum Gasteiger partial charge on any atom is 0.401 e. The van der Waals surface area contributed by atoms with E-state index in [0.29, 0.717) is 26.2 Å². The molecule has 0 atom stereocenters. The minimum atomic E-state index is -4.12. The Bertz CT molecular complexity index is 428. The highest BCUT2D eigenvalue weighted by molar-refractivity contribution is 5.55. The lowest BCUT2D eigenvalue weighted by Crippen LogP contribution is -2.49. The van der Waals surface area contributed by atoms with Crippen molar-refractivity contribution >= 4 is 11.4 Å². The van der Waals surface area contributed by atoms with Crippen LogP contribution in [0.2, 0.25) is 0 Å². The molecule has 1 aliphatic rings. The lowest BCUT2D eigenvalue weighted by Gasteiger charge is -2.36. The number of aromatic nitrogens is 1. The number of nitrogens with one attached hydrogen (secondary N) is 1.